The molecule has 0 aliphatic heterocycles. The Labute approximate surface area is 196 Å². The molecule has 8 heteroatoms. The van der Waals surface area contributed by atoms with Crippen LogP contribution in [-0.2, 0) is 22.1 Å². The molecule has 0 spiro atoms. The molecule has 0 unspecified atom stereocenters. The molecule has 2 aromatic rings. The molecule has 164 valence electrons. The maximum Gasteiger partial charge on any atom is 0.191 e. The number of nitrogens with zero attached hydrogens (tertiary/aromatic N) is 1. The molecule has 0 aromatic heterocycles. The number of rotatable bonds is 11. The van der Waals surface area contributed by atoms with Crippen LogP contribution in [-0.4, -0.2) is 40.3 Å². The van der Waals surface area contributed by atoms with Gasteiger partial charge in [-0.1, -0.05) is 61.2 Å². The van der Waals surface area contributed by atoms with Crippen LogP contribution in [0.25, 0.3) is 0 Å². The zero-order chi connectivity index (χ0) is 21.0. The minimum atomic E-state index is -3.13. The lowest BCUT2D eigenvalue weighted by Gasteiger charge is -2.14. The molecule has 0 aliphatic carbocycles. The number of sulfone groups is 1. The minimum Gasteiger partial charge on any atom is -0.489 e. The van der Waals surface area contributed by atoms with Crippen molar-refractivity contribution in [1.82, 2.24) is 10.6 Å². The molecule has 0 radical (unpaired) electrons. The molecule has 0 fully saturated rings. The highest BCUT2D eigenvalue weighted by Crippen LogP contribution is 2.17. The van der Waals surface area contributed by atoms with Crippen molar-refractivity contribution >= 4 is 39.8 Å². The van der Waals surface area contributed by atoms with Crippen LogP contribution < -0.4 is 15.4 Å². The van der Waals surface area contributed by atoms with Crippen LogP contribution in [0.3, 0.4) is 0 Å². The van der Waals surface area contributed by atoms with E-state index in [0.717, 1.165) is 16.9 Å². The second kappa shape index (κ2) is 14.0. The third kappa shape index (κ3) is 9.62. The zero-order valence-corrected chi connectivity index (χ0v) is 20.4. The fourth-order valence-corrected chi connectivity index (χ4v) is 4.17. The highest BCUT2D eigenvalue weighted by atomic mass is 127. The summed E-state index contributed by atoms with van der Waals surface area (Å²) in [4.78, 5) is 4.18. The van der Waals surface area contributed by atoms with Gasteiger partial charge in [0.1, 0.15) is 12.4 Å². The topological polar surface area (TPSA) is 79.8 Å². The highest BCUT2D eigenvalue weighted by molar-refractivity contribution is 14.0. The number of guanidine groups is 1. The first kappa shape index (κ1) is 26.0. The third-order valence-corrected chi connectivity index (χ3v) is 5.84. The smallest absolute Gasteiger partial charge is 0.191 e. The molecule has 6 nitrogen and oxygen atoms in total. The van der Waals surface area contributed by atoms with Crippen molar-refractivity contribution in [2.24, 2.45) is 4.99 Å². The number of hydrogen-bond donors (Lipinski definition) is 2. The highest BCUT2D eigenvalue weighted by Gasteiger charge is 2.11. The number of halogens is 1. The Balaban J connectivity index is 0.00000450. The molecule has 2 rings (SSSR count). The largest absolute Gasteiger partial charge is 0.489 e. The van der Waals surface area contributed by atoms with Crippen LogP contribution in [0, 0.1) is 0 Å². The molecule has 0 saturated carbocycles. The van der Waals surface area contributed by atoms with E-state index in [-0.39, 0.29) is 35.5 Å². The second-order valence-corrected chi connectivity index (χ2v) is 8.68. The van der Waals surface area contributed by atoms with E-state index in [4.69, 9.17) is 4.74 Å². The Morgan fingerprint density at radius 2 is 1.80 bits per heavy atom. The maximum absolute atomic E-state index is 12.3. The lowest BCUT2D eigenvalue weighted by Crippen LogP contribution is -2.37. The Hall–Kier alpha value is -2.07. The number of para-hydroxylation sites is 1. The number of hydrogen-bond acceptors (Lipinski definition) is 4. The lowest BCUT2D eigenvalue weighted by atomic mass is 10.2. The van der Waals surface area contributed by atoms with E-state index in [1.165, 1.54) is 0 Å². The molecule has 0 saturated heterocycles. The van der Waals surface area contributed by atoms with E-state index in [0.29, 0.717) is 32.1 Å². The Morgan fingerprint density at radius 1 is 1.10 bits per heavy atom. The van der Waals surface area contributed by atoms with Crippen molar-refractivity contribution in [2.75, 3.05) is 26.0 Å². The van der Waals surface area contributed by atoms with Crippen LogP contribution in [0.2, 0.25) is 0 Å². The molecule has 30 heavy (non-hydrogen) atoms. The van der Waals surface area contributed by atoms with Gasteiger partial charge in [-0.2, -0.15) is 0 Å². The normalized spacial score (nSPS) is 11.3. The van der Waals surface area contributed by atoms with Crippen molar-refractivity contribution in [3.8, 4) is 5.75 Å². The summed E-state index contributed by atoms with van der Waals surface area (Å²) in [7, 11) is -1.45. The van der Waals surface area contributed by atoms with Crippen LogP contribution in [0.5, 0.6) is 5.75 Å². The van der Waals surface area contributed by atoms with Gasteiger partial charge in [-0.05, 0) is 18.1 Å². The number of ether oxygens (including phenoxy) is 1. The van der Waals surface area contributed by atoms with Gasteiger partial charge in [-0.25, -0.2) is 8.42 Å². The van der Waals surface area contributed by atoms with E-state index < -0.39 is 9.84 Å². The fraction of sp³-hybridized carbons (Fsp3) is 0.318. The molecule has 0 amide bonds. The summed E-state index contributed by atoms with van der Waals surface area (Å²) in [6, 6.07) is 17.0. The van der Waals surface area contributed by atoms with Crippen molar-refractivity contribution in [3.63, 3.8) is 0 Å². The summed E-state index contributed by atoms with van der Waals surface area (Å²) < 4.78 is 30.2. The Morgan fingerprint density at radius 3 is 2.50 bits per heavy atom. The van der Waals surface area contributed by atoms with Gasteiger partial charge in [0.15, 0.2) is 15.8 Å². The lowest BCUT2D eigenvalue weighted by molar-refractivity contribution is 0.358. The van der Waals surface area contributed by atoms with E-state index in [1.54, 1.807) is 13.1 Å². The van der Waals surface area contributed by atoms with Crippen LogP contribution in [0.15, 0.2) is 72.2 Å². The minimum absolute atomic E-state index is 0. The summed E-state index contributed by atoms with van der Waals surface area (Å²) in [5.74, 6) is 1.61. The van der Waals surface area contributed by atoms with Crippen LogP contribution >= 0.6 is 24.0 Å². The summed E-state index contributed by atoms with van der Waals surface area (Å²) in [5.41, 5.74) is 1.82. The predicted molar refractivity (Wildman–Crippen MR) is 134 cm³/mol. The van der Waals surface area contributed by atoms with Gasteiger partial charge < -0.3 is 15.4 Å². The SMILES string of the molecule is C=CCOc1ccccc1CNC(=NC)NCCCS(=O)(=O)Cc1ccccc1.I. The Kier molecular flexibility index (Phi) is 12.1. The maximum atomic E-state index is 12.3. The second-order valence-electron chi connectivity index (χ2n) is 6.49. The number of aliphatic imine (C=N–C) groups is 1. The average molecular weight is 543 g/mol. The molecular formula is C22H30IN3O3S. The van der Waals surface area contributed by atoms with E-state index in [1.807, 2.05) is 54.6 Å². The number of benzene rings is 2. The van der Waals surface area contributed by atoms with Gasteiger partial charge in [0.05, 0.1) is 11.5 Å². The summed E-state index contributed by atoms with van der Waals surface area (Å²) >= 11 is 0. The average Bonchev–Trinajstić information content (AvgIpc) is 2.72. The van der Waals surface area contributed by atoms with E-state index in [9.17, 15) is 8.42 Å². The van der Waals surface area contributed by atoms with Crippen molar-refractivity contribution in [3.05, 3.63) is 78.4 Å². The predicted octanol–water partition coefficient (Wildman–Crippen LogP) is 3.54. The molecule has 2 aromatic carbocycles. The first-order chi connectivity index (χ1) is 14.0. The van der Waals surface area contributed by atoms with E-state index >= 15 is 0 Å². The van der Waals surface area contributed by atoms with Crippen LogP contribution in [0.4, 0.5) is 0 Å². The van der Waals surface area contributed by atoms with Gasteiger partial charge in [-0.3, -0.25) is 4.99 Å². The summed E-state index contributed by atoms with van der Waals surface area (Å²) in [6.45, 7) is 5.17. The van der Waals surface area contributed by atoms with Crippen molar-refractivity contribution < 1.29 is 13.2 Å². The van der Waals surface area contributed by atoms with Gasteiger partial charge in [0.25, 0.3) is 0 Å². The van der Waals surface area contributed by atoms with Gasteiger partial charge >= 0.3 is 0 Å². The molecule has 0 heterocycles. The first-order valence-electron chi connectivity index (χ1n) is 9.54. The van der Waals surface area contributed by atoms with Crippen molar-refractivity contribution in [2.45, 2.75) is 18.7 Å². The first-order valence-corrected chi connectivity index (χ1v) is 11.4. The molecule has 0 bridgehead atoms. The summed E-state index contributed by atoms with van der Waals surface area (Å²) in [5, 5.41) is 6.38. The van der Waals surface area contributed by atoms with Gasteiger partial charge in [-0.15, -0.1) is 24.0 Å². The van der Waals surface area contributed by atoms with Gasteiger partial charge in [0.2, 0.25) is 0 Å². The zero-order valence-electron chi connectivity index (χ0n) is 17.2. The Bertz CT molecular complexity index is 903. The molecule has 0 aliphatic rings. The quantitative estimate of drug-likeness (QED) is 0.149. The summed E-state index contributed by atoms with van der Waals surface area (Å²) in [6.07, 6.45) is 2.21. The monoisotopic (exact) mass is 543 g/mol. The van der Waals surface area contributed by atoms with Crippen LogP contribution in [0.1, 0.15) is 17.5 Å². The molecule has 2 N–H and O–H groups in total. The molecular weight excluding hydrogens is 513 g/mol. The van der Waals surface area contributed by atoms with Crippen molar-refractivity contribution in [1.29, 1.82) is 0 Å². The third-order valence-electron chi connectivity index (χ3n) is 4.15. The van der Waals surface area contributed by atoms with E-state index in [2.05, 4.69) is 22.2 Å². The molecule has 0 atom stereocenters. The standard InChI is InChI=1S/C22H29N3O3S.HI/c1-3-15-28-21-13-8-7-12-20(21)17-25-22(23-2)24-14-9-16-29(26,27)18-19-10-5-4-6-11-19;/h3-8,10-13H,1,9,14-18H2,2H3,(H2,23,24,25);1H. The fourth-order valence-electron chi connectivity index (χ4n) is 2.74. The van der Waals surface area contributed by atoms with Gasteiger partial charge in [0, 0.05) is 25.7 Å². The number of nitrogens with one attached hydrogen (secondary N) is 2.